The predicted molar refractivity (Wildman–Crippen MR) is 110 cm³/mol. The number of rotatable bonds is 6. The van der Waals surface area contributed by atoms with Crippen molar-refractivity contribution in [2.75, 3.05) is 14.2 Å². The van der Waals surface area contributed by atoms with Gasteiger partial charge in [0.05, 0.1) is 14.2 Å². The summed E-state index contributed by atoms with van der Waals surface area (Å²) in [5.74, 6) is 1.84. The SMILES string of the molecule is COc1c(CNC(C)(C)C)c(CNC(C)(C)C)c(OC)c2ccccc12. The molecule has 2 N–H and O–H groups in total. The molecular formula is C22H34N2O2. The number of hydrogen-bond donors (Lipinski definition) is 2. The summed E-state index contributed by atoms with van der Waals surface area (Å²) in [5, 5.41) is 9.37. The van der Waals surface area contributed by atoms with E-state index in [2.05, 4.69) is 64.3 Å². The van der Waals surface area contributed by atoms with Crippen LogP contribution in [0.5, 0.6) is 11.5 Å². The van der Waals surface area contributed by atoms with Crippen molar-refractivity contribution in [3.05, 3.63) is 35.4 Å². The molecule has 4 heteroatoms. The molecule has 0 aromatic heterocycles. The highest BCUT2D eigenvalue weighted by molar-refractivity contribution is 5.96. The molecule has 0 bridgehead atoms. The smallest absolute Gasteiger partial charge is 0.131 e. The fourth-order valence-electron chi connectivity index (χ4n) is 3.03. The monoisotopic (exact) mass is 358 g/mol. The van der Waals surface area contributed by atoms with Gasteiger partial charge in [0.15, 0.2) is 0 Å². The van der Waals surface area contributed by atoms with Crippen LogP contribution in [0.1, 0.15) is 52.7 Å². The van der Waals surface area contributed by atoms with E-state index in [9.17, 15) is 0 Å². The van der Waals surface area contributed by atoms with Crippen molar-refractivity contribution in [3.63, 3.8) is 0 Å². The van der Waals surface area contributed by atoms with Gasteiger partial charge in [-0.25, -0.2) is 0 Å². The van der Waals surface area contributed by atoms with Crippen molar-refractivity contribution in [2.24, 2.45) is 0 Å². The van der Waals surface area contributed by atoms with Crippen molar-refractivity contribution >= 4 is 10.8 Å². The molecule has 0 unspecified atom stereocenters. The zero-order valence-corrected chi connectivity index (χ0v) is 17.5. The molecule has 2 aromatic rings. The van der Waals surface area contributed by atoms with Gasteiger partial charge < -0.3 is 20.1 Å². The van der Waals surface area contributed by atoms with Gasteiger partial charge in [0.1, 0.15) is 11.5 Å². The summed E-state index contributed by atoms with van der Waals surface area (Å²) in [6.45, 7) is 14.5. The average Bonchev–Trinajstić information content (AvgIpc) is 2.55. The zero-order chi connectivity index (χ0) is 19.5. The first kappa shape index (κ1) is 20.5. The quantitative estimate of drug-likeness (QED) is 0.790. The molecule has 0 saturated carbocycles. The Bertz CT molecular complexity index is 691. The second-order valence-corrected chi connectivity index (χ2v) is 8.78. The van der Waals surface area contributed by atoms with Gasteiger partial charge in [-0.2, -0.15) is 0 Å². The van der Waals surface area contributed by atoms with Crippen LogP contribution in [0.3, 0.4) is 0 Å². The molecule has 26 heavy (non-hydrogen) atoms. The van der Waals surface area contributed by atoms with E-state index in [1.807, 2.05) is 12.1 Å². The first-order chi connectivity index (χ1) is 12.1. The minimum atomic E-state index is 0.0125. The molecule has 2 aromatic carbocycles. The van der Waals surface area contributed by atoms with Gasteiger partial charge in [0.2, 0.25) is 0 Å². The lowest BCUT2D eigenvalue weighted by molar-refractivity contribution is 0.376. The largest absolute Gasteiger partial charge is 0.496 e. The Balaban J connectivity index is 2.68. The number of nitrogens with one attached hydrogen (secondary N) is 2. The Morgan fingerprint density at radius 3 is 1.31 bits per heavy atom. The molecule has 0 fully saturated rings. The van der Waals surface area contributed by atoms with E-state index in [1.54, 1.807) is 14.2 Å². The van der Waals surface area contributed by atoms with Crippen molar-refractivity contribution in [3.8, 4) is 11.5 Å². The standard InChI is InChI=1S/C22H34N2O2/c1-21(2,3)23-13-17-18(14-24-22(4,5)6)20(26-8)16-12-10-9-11-15(16)19(17)25-7/h9-12,23-24H,13-14H2,1-8H3. The maximum atomic E-state index is 5.87. The molecule has 0 saturated heterocycles. The summed E-state index contributed by atoms with van der Waals surface area (Å²) in [6.07, 6.45) is 0. The summed E-state index contributed by atoms with van der Waals surface area (Å²) in [5.41, 5.74) is 2.32. The van der Waals surface area contributed by atoms with Gasteiger partial charge in [-0.15, -0.1) is 0 Å². The van der Waals surface area contributed by atoms with Crippen molar-refractivity contribution in [1.82, 2.24) is 10.6 Å². The van der Waals surface area contributed by atoms with E-state index in [1.165, 1.54) is 0 Å². The van der Waals surface area contributed by atoms with Crippen LogP contribution in [0.25, 0.3) is 10.8 Å². The summed E-state index contributed by atoms with van der Waals surface area (Å²) in [6, 6.07) is 8.27. The molecule has 144 valence electrons. The van der Waals surface area contributed by atoms with Crippen LogP contribution in [-0.2, 0) is 13.1 Å². The fraction of sp³-hybridized carbons (Fsp3) is 0.545. The normalized spacial score (nSPS) is 12.5. The Morgan fingerprint density at radius 2 is 1.04 bits per heavy atom. The van der Waals surface area contributed by atoms with Gasteiger partial charge in [0, 0.05) is 46.1 Å². The molecule has 0 aliphatic rings. The van der Waals surface area contributed by atoms with Crippen LogP contribution in [-0.4, -0.2) is 25.3 Å². The summed E-state index contributed by atoms with van der Waals surface area (Å²) in [7, 11) is 3.49. The number of fused-ring (bicyclic) bond motifs is 1. The van der Waals surface area contributed by atoms with Gasteiger partial charge in [-0.1, -0.05) is 24.3 Å². The van der Waals surface area contributed by atoms with Crippen LogP contribution >= 0.6 is 0 Å². The van der Waals surface area contributed by atoms with E-state index >= 15 is 0 Å². The second-order valence-electron chi connectivity index (χ2n) is 8.78. The molecule has 0 spiro atoms. The molecule has 4 nitrogen and oxygen atoms in total. The third kappa shape index (κ3) is 4.89. The highest BCUT2D eigenvalue weighted by atomic mass is 16.5. The zero-order valence-electron chi connectivity index (χ0n) is 17.5. The van der Waals surface area contributed by atoms with Crippen molar-refractivity contribution in [2.45, 2.75) is 65.7 Å². The molecule has 0 heterocycles. The lowest BCUT2D eigenvalue weighted by Crippen LogP contribution is -2.37. The molecule has 0 aliphatic heterocycles. The van der Waals surface area contributed by atoms with Gasteiger partial charge in [0.25, 0.3) is 0 Å². The minimum Gasteiger partial charge on any atom is -0.496 e. The highest BCUT2D eigenvalue weighted by Crippen LogP contribution is 2.41. The van der Waals surface area contributed by atoms with Crippen LogP contribution in [0.2, 0.25) is 0 Å². The molecular weight excluding hydrogens is 324 g/mol. The van der Waals surface area contributed by atoms with E-state index in [0.717, 1.165) is 46.5 Å². The van der Waals surface area contributed by atoms with Crippen molar-refractivity contribution < 1.29 is 9.47 Å². The van der Waals surface area contributed by atoms with Gasteiger partial charge in [-0.3, -0.25) is 0 Å². The minimum absolute atomic E-state index is 0.0125. The lowest BCUT2D eigenvalue weighted by Gasteiger charge is -2.27. The number of methoxy groups -OCH3 is 2. The fourth-order valence-corrected chi connectivity index (χ4v) is 3.03. The van der Waals surface area contributed by atoms with Crippen LogP contribution in [0.4, 0.5) is 0 Å². The van der Waals surface area contributed by atoms with E-state index in [0.29, 0.717) is 0 Å². The summed E-state index contributed by atoms with van der Waals surface area (Å²) in [4.78, 5) is 0. The van der Waals surface area contributed by atoms with Crippen LogP contribution < -0.4 is 20.1 Å². The third-order valence-corrected chi connectivity index (χ3v) is 4.33. The maximum absolute atomic E-state index is 5.87. The van der Waals surface area contributed by atoms with Crippen LogP contribution in [0.15, 0.2) is 24.3 Å². The summed E-state index contributed by atoms with van der Waals surface area (Å²) < 4.78 is 11.7. The predicted octanol–water partition coefficient (Wildman–Crippen LogP) is 4.63. The lowest BCUT2D eigenvalue weighted by atomic mass is 9.95. The highest BCUT2D eigenvalue weighted by Gasteiger charge is 2.23. The Morgan fingerprint density at radius 1 is 0.692 bits per heavy atom. The number of hydrogen-bond acceptors (Lipinski definition) is 4. The van der Waals surface area contributed by atoms with E-state index in [4.69, 9.17) is 9.47 Å². The number of ether oxygens (including phenoxy) is 2. The number of benzene rings is 2. The second kappa shape index (κ2) is 7.85. The Labute approximate surface area is 158 Å². The molecule has 0 radical (unpaired) electrons. The first-order valence-corrected chi connectivity index (χ1v) is 9.22. The van der Waals surface area contributed by atoms with E-state index in [-0.39, 0.29) is 11.1 Å². The average molecular weight is 359 g/mol. The molecule has 2 rings (SSSR count). The van der Waals surface area contributed by atoms with Gasteiger partial charge in [-0.05, 0) is 41.5 Å². The first-order valence-electron chi connectivity index (χ1n) is 9.22. The third-order valence-electron chi connectivity index (χ3n) is 4.33. The molecule has 0 atom stereocenters. The molecule has 0 amide bonds. The molecule has 0 aliphatic carbocycles. The maximum Gasteiger partial charge on any atom is 0.131 e. The topological polar surface area (TPSA) is 42.5 Å². The Hall–Kier alpha value is -1.78. The summed E-state index contributed by atoms with van der Waals surface area (Å²) >= 11 is 0. The Kier molecular flexibility index (Phi) is 6.20. The van der Waals surface area contributed by atoms with E-state index < -0.39 is 0 Å². The van der Waals surface area contributed by atoms with Crippen molar-refractivity contribution in [1.29, 1.82) is 0 Å². The van der Waals surface area contributed by atoms with Crippen LogP contribution in [0, 0.1) is 0 Å². The van der Waals surface area contributed by atoms with Gasteiger partial charge >= 0.3 is 0 Å².